The molecule has 0 aliphatic carbocycles. The molecular weight excluding hydrogens is 296 g/mol. The average Bonchev–Trinajstić information content (AvgIpc) is 2.75. The Morgan fingerprint density at radius 1 is 1.17 bits per heavy atom. The summed E-state index contributed by atoms with van der Waals surface area (Å²) in [4.78, 5) is 16.9. The molecule has 1 atom stereocenters. The monoisotopic (exact) mass is 320 g/mol. The molecule has 0 bridgehead atoms. The summed E-state index contributed by atoms with van der Waals surface area (Å²) in [5, 5.41) is 0. The number of likely N-dealkylation sites (N-methyl/N-ethyl adjacent to an activating group) is 1. The minimum Gasteiger partial charge on any atom is -0.496 e. The van der Waals surface area contributed by atoms with Crippen LogP contribution in [0.25, 0.3) is 0 Å². The van der Waals surface area contributed by atoms with Gasteiger partial charge in [-0.1, -0.05) is 12.1 Å². The first kappa shape index (κ1) is 16.2. The number of morpholine rings is 1. The molecule has 6 heteroatoms. The van der Waals surface area contributed by atoms with Gasteiger partial charge in [0.1, 0.15) is 5.75 Å². The van der Waals surface area contributed by atoms with E-state index in [2.05, 4.69) is 11.9 Å². The summed E-state index contributed by atoms with van der Waals surface area (Å²) < 4.78 is 17.2. The second kappa shape index (κ2) is 6.86. The molecular formula is C17H24N2O4. The summed E-state index contributed by atoms with van der Waals surface area (Å²) in [6.07, 6.45) is 0.974. The fraction of sp³-hybridized carbons (Fsp3) is 0.588. The molecule has 6 nitrogen and oxygen atoms in total. The number of nitrogens with zero attached hydrogens (tertiary/aromatic N) is 2. The van der Waals surface area contributed by atoms with E-state index < -0.39 is 5.79 Å². The summed E-state index contributed by atoms with van der Waals surface area (Å²) in [6, 6.07) is 7.31. The molecule has 1 amide bonds. The summed E-state index contributed by atoms with van der Waals surface area (Å²) in [6.45, 7) is 3.78. The lowest BCUT2D eigenvalue weighted by atomic mass is 10.1. The van der Waals surface area contributed by atoms with Crippen LogP contribution in [0.3, 0.4) is 0 Å². The molecule has 1 aromatic rings. The Kier molecular flexibility index (Phi) is 4.84. The van der Waals surface area contributed by atoms with Crippen molar-refractivity contribution in [2.24, 2.45) is 0 Å². The molecule has 1 unspecified atom stereocenters. The topological polar surface area (TPSA) is 51.2 Å². The second-order valence-corrected chi connectivity index (χ2v) is 6.13. The standard InChI is InChI=1S/C17H24N2O4/c1-18-8-5-10-22-17(12-18)13-19(9-11-23-17)16(20)14-6-3-4-7-15(14)21-2/h3-4,6-7H,5,8-13H2,1-2H3. The summed E-state index contributed by atoms with van der Waals surface area (Å²) in [7, 11) is 3.64. The first-order valence-electron chi connectivity index (χ1n) is 8.02. The maximum atomic E-state index is 12.9. The van der Waals surface area contributed by atoms with Gasteiger partial charge in [0, 0.05) is 13.1 Å². The van der Waals surface area contributed by atoms with Gasteiger partial charge in [-0.05, 0) is 25.6 Å². The molecule has 0 aromatic heterocycles. The molecule has 2 fully saturated rings. The smallest absolute Gasteiger partial charge is 0.257 e. The van der Waals surface area contributed by atoms with Crippen LogP contribution in [0, 0.1) is 0 Å². The van der Waals surface area contributed by atoms with E-state index in [1.165, 1.54) is 0 Å². The van der Waals surface area contributed by atoms with E-state index in [4.69, 9.17) is 14.2 Å². The molecule has 0 saturated carbocycles. The van der Waals surface area contributed by atoms with Crippen LogP contribution in [0.1, 0.15) is 16.8 Å². The van der Waals surface area contributed by atoms with E-state index in [0.717, 1.165) is 13.0 Å². The zero-order chi connectivity index (χ0) is 16.3. The highest BCUT2D eigenvalue weighted by Crippen LogP contribution is 2.26. The summed E-state index contributed by atoms with van der Waals surface area (Å²) in [5.74, 6) is -0.168. The van der Waals surface area contributed by atoms with Crippen LogP contribution in [0.2, 0.25) is 0 Å². The highest BCUT2D eigenvalue weighted by atomic mass is 16.7. The Balaban J connectivity index is 1.79. The molecule has 126 valence electrons. The Morgan fingerprint density at radius 3 is 2.78 bits per heavy atom. The fourth-order valence-corrected chi connectivity index (χ4v) is 3.23. The van der Waals surface area contributed by atoms with Gasteiger partial charge >= 0.3 is 0 Å². The Labute approximate surface area is 136 Å². The highest BCUT2D eigenvalue weighted by Gasteiger charge is 2.41. The lowest BCUT2D eigenvalue weighted by Crippen LogP contribution is -2.58. The largest absolute Gasteiger partial charge is 0.496 e. The number of rotatable bonds is 2. The van der Waals surface area contributed by atoms with Gasteiger partial charge in [-0.15, -0.1) is 0 Å². The van der Waals surface area contributed by atoms with Gasteiger partial charge in [0.25, 0.3) is 5.91 Å². The SMILES string of the molecule is COc1ccccc1C(=O)N1CCOC2(CN(C)CCCO2)C1. The highest BCUT2D eigenvalue weighted by molar-refractivity contribution is 5.97. The number of hydrogen-bond donors (Lipinski definition) is 0. The maximum Gasteiger partial charge on any atom is 0.257 e. The van der Waals surface area contributed by atoms with Gasteiger partial charge in [0.2, 0.25) is 0 Å². The Hall–Kier alpha value is -1.63. The number of amides is 1. The van der Waals surface area contributed by atoms with Crippen LogP contribution in [-0.2, 0) is 9.47 Å². The average molecular weight is 320 g/mol. The van der Waals surface area contributed by atoms with Crippen molar-refractivity contribution in [1.82, 2.24) is 9.80 Å². The van der Waals surface area contributed by atoms with Gasteiger partial charge < -0.3 is 24.0 Å². The molecule has 3 rings (SSSR count). The predicted octanol–water partition coefficient (Wildman–Crippen LogP) is 1.22. The lowest BCUT2D eigenvalue weighted by Gasteiger charge is -2.42. The van der Waals surface area contributed by atoms with Gasteiger partial charge in [0.15, 0.2) is 5.79 Å². The minimum absolute atomic E-state index is 0.0411. The number of benzene rings is 1. The summed E-state index contributed by atoms with van der Waals surface area (Å²) >= 11 is 0. The normalized spacial score (nSPS) is 26.1. The number of hydrogen-bond acceptors (Lipinski definition) is 5. The first-order chi connectivity index (χ1) is 11.1. The minimum atomic E-state index is -0.721. The van der Waals surface area contributed by atoms with E-state index in [1.807, 2.05) is 12.1 Å². The van der Waals surface area contributed by atoms with Crippen LogP contribution in [0.5, 0.6) is 5.75 Å². The van der Waals surface area contributed by atoms with Gasteiger partial charge in [-0.2, -0.15) is 0 Å². The number of carbonyl (C=O) groups excluding carboxylic acids is 1. The van der Waals surface area contributed by atoms with Crippen molar-refractivity contribution >= 4 is 5.91 Å². The van der Waals surface area contributed by atoms with Crippen molar-refractivity contribution in [2.45, 2.75) is 12.2 Å². The second-order valence-electron chi connectivity index (χ2n) is 6.13. The van der Waals surface area contributed by atoms with E-state index in [9.17, 15) is 4.79 Å². The van der Waals surface area contributed by atoms with Crippen LogP contribution in [0.15, 0.2) is 24.3 Å². The molecule has 1 aromatic carbocycles. The van der Waals surface area contributed by atoms with Crippen molar-refractivity contribution < 1.29 is 19.0 Å². The van der Waals surface area contributed by atoms with E-state index >= 15 is 0 Å². The molecule has 2 heterocycles. The van der Waals surface area contributed by atoms with Crippen molar-refractivity contribution in [1.29, 1.82) is 0 Å². The van der Waals surface area contributed by atoms with Crippen molar-refractivity contribution in [3.05, 3.63) is 29.8 Å². The first-order valence-corrected chi connectivity index (χ1v) is 8.02. The number of ether oxygens (including phenoxy) is 3. The molecule has 2 aliphatic rings. The zero-order valence-electron chi connectivity index (χ0n) is 13.8. The third-order valence-corrected chi connectivity index (χ3v) is 4.34. The molecule has 0 radical (unpaired) electrons. The predicted molar refractivity (Wildman–Crippen MR) is 85.6 cm³/mol. The van der Waals surface area contributed by atoms with Crippen molar-refractivity contribution in [2.75, 3.05) is 53.6 Å². The number of para-hydroxylation sites is 1. The van der Waals surface area contributed by atoms with Crippen LogP contribution >= 0.6 is 0 Å². The Bertz CT molecular complexity index is 565. The van der Waals surface area contributed by atoms with E-state index in [-0.39, 0.29) is 5.91 Å². The van der Waals surface area contributed by atoms with Crippen molar-refractivity contribution in [3.8, 4) is 5.75 Å². The quantitative estimate of drug-likeness (QED) is 0.820. The van der Waals surface area contributed by atoms with Gasteiger partial charge in [0.05, 0.1) is 39.0 Å². The molecule has 2 aliphatic heterocycles. The van der Waals surface area contributed by atoms with Crippen LogP contribution in [-0.4, -0.2) is 75.0 Å². The third kappa shape index (κ3) is 3.49. The van der Waals surface area contributed by atoms with Gasteiger partial charge in [-0.3, -0.25) is 4.79 Å². The van der Waals surface area contributed by atoms with Crippen LogP contribution < -0.4 is 4.74 Å². The Morgan fingerprint density at radius 2 is 1.96 bits per heavy atom. The molecule has 2 saturated heterocycles. The number of methoxy groups -OCH3 is 1. The number of carbonyl (C=O) groups is 1. The van der Waals surface area contributed by atoms with Crippen LogP contribution in [0.4, 0.5) is 0 Å². The van der Waals surface area contributed by atoms with Crippen molar-refractivity contribution in [3.63, 3.8) is 0 Å². The molecule has 0 N–H and O–H groups in total. The lowest BCUT2D eigenvalue weighted by molar-refractivity contribution is -0.260. The molecule has 1 spiro atoms. The molecule has 23 heavy (non-hydrogen) atoms. The van der Waals surface area contributed by atoms with Gasteiger partial charge in [-0.25, -0.2) is 0 Å². The fourth-order valence-electron chi connectivity index (χ4n) is 3.23. The summed E-state index contributed by atoms with van der Waals surface area (Å²) in [5.41, 5.74) is 0.578. The van der Waals surface area contributed by atoms with E-state index in [0.29, 0.717) is 44.2 Å². The third-order valence-electron chi connectivity index (χ3n) is 4.34. The maximum absolute atomic E-state index is 12.9. The zero-order valence-corrected chi connectivity index (χ0v) is 13.8. The van der Waals surface area contributed by atoms with E-state index in [1.54, 1.807) is 24.1 Å².